The molecular formula is C22H32O2. The zero-order chi connectivity index (χ0) is 16.9. The first kappa shape index (κ1) is 16.4. The van der Waals surface area contributed by atoms with Crippen molar-refractivity contribution in [1.29, 1.82) is 0 Å². The maximum absolute atomic E-state index is 11.9. The molecule has 4 aliphatic rings. The van der Waals surface area contributed by atoms with E-state index in [0.29, 0.717) is 5.41 Å². The van der Waals surface area contributed by atoms with Gasteiger partial charge in [-0.15, -0.1) is 0 Å². The van der Waals surface area contributed by atoms with Crippen LogP contribution < -0.4 is 0 Å². The lowest BCUT2D eigenvalue weighted by Crippen LogP contribution is -2.49. The van der Waals surface area contributed by atoms with Crippen molar-refractivity contribution in [3.05, 3.63) is 23.0 Å². The Morgan fingerprint density at radius 3 is 2.79 bits per heavy atom. The number of rotatable bonds is 3. The van der Waals surface area contributed by atoms with Gasteiger partial charge in [-0.2, -0.15) is 0 Å². The number of allylic oxidation sites excluding steroid dienone is 4. The summed E-state index contributed by atoms with van der Waals surface area (Å²) in [5.41, 5.74) is 3.12. The Morgan fingerprint density at radius 1 is 1.21 bits per heavy atom. The molecule has 24 heavy (non-hydrogen) atoms. The summed E-state index contributed by atoms with van der Waals surface area (Å²) in [6, 6.07) is 0. The molecule has 2 saturated carbocycles. The van der Waals surface area contributed by atoms with Crippen LogP contribution in [0, 0.1) is 28.6 Å². The van der Waals surface area contributed by atoms with E-state index in [4.69, 9.17) is 4.74 Å². The predicted molar refractivity (Wildman–Crippen MR) is 96.4 cm³/mol. The van der Waals surface area contributed by atoms with Gasteiger partial charge in [-0.1, -0.05) is 20.3 Å². The number of carbonyl (C=O) groups excluding carboxylic acids is 1. The van der Waals surface area contributed by atoms with Crippen molar-refractivity contribution in [2.75, 3.05) is 6.61 Å². The van der Waals surface area contributed by atoms with E-state index in [1.54, 1.807) is 0 Å². The number of carbonyl (C=O) groups is 1. The average molecular weight is 328 g/mol. The van der Waals surface area contributed by atoms with Crippen molar-refractivity contribution >= 4 is 6.29 Å². The van der Waals surface area contributed by atoms with E-state index in [1.165, 1.54) is 37.7 Å². The SMILES string of the molecule is CCOC1=CC2=C(C=O)C[C@H]3[C@@H]4CCC[C@@]4(C)CC[C@@H]3[C@@]2(C)CC1. The highest BCUT2D eigenvalue weighted by Gasteiger charge is 2.56. The maximum Gasteiger partial charge on any atom is 0.146 e. The van der Waals surface area contributed by atoms with Crippen LogP contribution in [0.15, 0.2) is 23.0 Å². The molecule has 0 heterocycles. The van der Waals surface area contributed by atoms with Crippen molar-refractivity contribution in [3.8, 4) is 0 Å². The minimum absolute atomic E-state index is 0.184. The molecule has 0 aromatic carbocycles. The molecule has 0 aromatic heterocycles. The van der Waals surface area contributed by atoms with Crippen molar-refractivity contribution in [2.45, 2.75) is 72.1 Å². The molecule has 4 rings (SSSR count). The van der Waals surface area contributed by atoms with Crippen LogP contribution in [-0.2, 0) is 9.53 Å². The lowest BCUT2D eigenvalue weighted by molar-refractivity contribution is -0.106. The normalized spacial score (nSPS) is 44.3. The zero-order valence-electron chi connectivity index (χ0n) is 15.6. The van der Waals surface area contributed by atoms with E-state index in [2.05, 4.69) is 19.9 Å². The third-order valence-electron chi connectivity index (χ3n) is 8.12. The summed E-state index contributed by atoms with van der Waals surface area (Å²) in [7, 11) is 0. The van der Waals surface area contributed by atoms with E-state index >= 15 is 0 Å². The average Bonchev–Trinajstić information content (AvgIpc) is 2.97. The largest absolute Gasteiger partial charge is 0.498 e. The Balaban J connectivity index is 1.76. The summed E-state index contributed by atoms with van der Waals surface area (Å²) in [5.74, 6) is 3.40. The zero-order valence-corrected chi connectivity index (χ0v) is 15.6. The number of hydrogen-bond acceptors (Lipinski definition) is 2. The van der Waals surface area contributed by atoms with Crippen molar-refractivity contribution in [3.63, 3.8) is 0 Å². The molecule has 2 nitrogen and oxygen atoms in total. The van der Waals surface area contributed by atoms with Crippen LogP contribution in [0.25, 0.3) is 0 Å². The molecule has 0 unspecified atom stereocenters. The Hall–Kier alpha value is -1.05. The second kappa shape index (κ2) is 5.75. The number of aldehydes is 1. The van der Waals surface area contributed by atoms with E-state index in [1.807, 2.05) is 6.92 Å². The summed E-state index contributed by atoms with van der Waals surface area (Å²) in [6.07, 6.45) is 13.5. The molecule has 2 fully saturated rings. The molecule has 0 spiro atoms. The van der Waals surface area contributed by atoms with E-state index in [9.17, 15) is 4.79 Å². The minimum Gasteiger partial charge on any atom is -0.498 e. The Kier molecular flexibility index (Phi) is 3.93. The van der Waals surface area contributed by atoms with Gasteiger partial charge < -0.3 is 4.74 Å². The van der Waals surface area contributed by atoms with Gasteiger partial charge in [0.1, 0.15) is 6.29 Å². The summed E-state index contributed by atoms with van der Waals surface area (Å²) in [4.78, 5) is 11.9. The third-order valence-corrected chi connectivity index (χ3v) is 8.12. The smallest absolute Gasteiger partial charge is 0.146 e. The number of fused-ring (bicyclic) bond motifs is 5. The molecule has 0 aromatic rings. The summed E-state index contributed by atoms with van der Waals surface area (Å²) in [6.45, 7) is 7.73. The van der Waals surface area contributed by atoms with Crippen LogP contribution in [-0.4, -0.2) is 12.9 Å². The number of hydrogen-bond donors (Lipinski definition) is 0. The van der Waals surface area contributed by atoms with Gasteiger partial charge in [-0.05, 0) is 91.3 Å². The van der Waals surface area contributed by atoms with E-state index in [0.717, 1.165) is 61.2 Å². The minimum atomic E-state index is 0.184. The first-order valence-corrected chi connectivity index (χ1v) is 10.0. The monoisotopic (exact) mass is 328 g/mol. The van der Waals surface area contributed by atoms with Crippen LogP contribution in [0.3, 0.4) is 0 Å². The van der Waals surface area contributed by atoms with Gasteiger partial charge in [-0.3, -0.25) is 4.79 Å². The quantitative estimate of drug-likeness (QED) is 0.645. The van der Waals surface area contributed by atoms with Gasteiger partial charge in [0.05, 0.1) is 12.4 Å². The molecule has 0 aliphatic heterocycles. The second-order valence-electron chi connectivity index (χ2n) is 9.18. The lowest BCUT2D eigenvalue weighted by Gasteiger charge is -2.57. The highest BCUT2D eigenvalue weighted by atomic mass is 16.5. The van der Waals surface area contributed by atoms with Gasteiger partial charge in [0, 0.05) is 6.42 Å². The fourth-order valence-electron chi connectivity index (χ4n) is 6.89. The third kappa shape index (κ3) is 2.24. The van der Waals surface area contributed by atoms with Crippen LogP contribution in [0.2, 0.25) is 0 Å². The Labute approximate surface area is 146 Å². The van der Waals surface area contributed by atoms with Gasteiger partial charge in [0.2, 0.25) is 0 Å². The van der Waals surface area contributed by atoms with E-state index in [-0.39, 0.29) is 5.41 Å². The molecule has 0 N–H and O–H groups in total. The fraction of sp³-hybridized carbons (Fsp3) is 0.773. The molecule has 0 radical (unpaired) electrons. The highest BCUT2D eigenvalue weighted by molar-refractivity contribution is 5.77. The first-order chi connectivity index (χ1) is 11.5. The topological polar surface area (TPSA) is 26.3 Å². The van der Waals surface area contributed by atoms with Gasteiger partial charge in [0.15, 0.2) is 0 Å². The Bertz CT molecular complexity index is 601. The molecule has 2 heteroatoms. The molecular weight excluding hydrogens is 296 g/mol. The van der Waals surface area contributed by atoms with Crippen molar-refractivity contribution in [1.82, 2.24) is 0 Å². The summed E-state index contributed by atoms with van der Waals surface area (Å²) < 4.78 is 5.80. The molecule has 5 atom stereocenters. The van der Waals surface area contributed by atoms with Crippen molar-refractivity contribution < 1.29 is 9.53 Å². The van der Waals surface area contributed by atoms with Gasteiger partial charge in [0.25, 0.3) is 0 Å². The molecule has 0 saturated heterocycles. The standard InChI is InChI=1S/C22H32O2/c1-4-24-16-7-11-22(3)19-8-10-21(2)9-5-6-18(21)17(19)12-15(14-23)20(22)13-16/h13-14,17-19H,4-12H2,1-3H3/t17-,18-,19-,21-,22+/m0/s1. The summed E-state index contributed by atoms with van der Waals surface area (Å²) in [5, 5.41) is 0. The first-order valence-electron chi connectivity index (χ1n) is 10.0. The van der Waals surface area contributed by atoms with Crippen LogP contribution in [0.1, 0.15) is 72.1 Å². The summed E-state index contributed by atoms with van der Waals surface area (Å²) >= 11 is 0. The van der Waals surface area contributed by atoms with Crippen LogP contribution in [0.5, 0.6) is 0 Å². The van der Waals surface area contributed by atoms with Crippen LogP contribution in [0.4, 0.5) is 0 Å². The maximum atomic E-state index is 11.9. The molecule has 0 amide bonds. The number of ether oxygens (including phenoxy) is 1. The van der Waals surface area contributed by atoms with Gasteiger partial charge in [-0.25, -0.2) is 0 Å². The van der Waals surface area contributed by atoms with Gasteiger partial charge >= 0.3 is 0 Å². The Morgan fingerprint density at radius 2 is 2.04 bits per heavy atom. The predicted octanol–water partition coefficient (Wildman–Crippen LogP) is 5.44. The lowest BCUT2D eigenvalue weighted by atomic mass is 9.48. The van der Waals surface area contributed by atoms with Crippen molar-refractivity contribution in [2.24, 2.45) is 28.6 Å². The molecule has 4 aliphatic carbocycles. The molecule has 132 valence electrons. The van der Waals surface area contributed by atoms with E-state index < -0.39 is 0 Å². The highest BCUT2D eigenvalue weighted by Crippen LogP contribution is 2.65. The second-order valence-corrected chi connectivity index (χ2v) is 9.18. The van der Waals surface area contributed by atoms with Crippen LogP contribution >= 0.6 is 0 Å². The molecule has 0 bridgehead atoms. The fourth-order valence-corrected chi connectivity index (χ4v) is 6.89.